The number of benzene rings is 1. The Balaban J connectivity index is 3.10. The number of hydrogen-bond acceptors (Lipinski definition) is 2. The summed E-state index contributed by atoms with van der Waals surface area (Å²) < 4.78 is 13.4. The Morgan fingerprint density at radius 1 is 1.47 bits per heavy atom. The van der Waals surface area contributed by atoms with E-state index < -0.39 is 17.5 Å². The summed E-state index contributed by atoms with van der Waals surface area (Å²) in [5, 5.41) is 19.7. The van der Waals surface area contributed by atoms with E-state index in [1.807, 2.05) is 6.92 Å². The molecule has 15 heavy (non-hydrogen) atoms. The summed E-state index contributed by atoms with van der Waals surface area (Å²) in [5.41, 5.74) is -0.284. The normalized spacial score (nSPS) is 17.2. The second-order valence-corrected chi connectivity index (χ2v) is 4.14. The lowest BCUT2D eigenvalue weighted by molar-refractivity contribution is -0.0673. The first-order chi connectivity index (χ1) is 6.88. The van der Waals surface area contributed by atoms with E-state index in [4.69, 9.17) is 0 Å². The second kappa shape index (κ2) is 4.29. The molecular weight excluding hydrogens is 195 g/mol. The molecule has 84 valence electrons. The average molecular weight is 212 g/mol. The lowest BCUT2D eigenvalue weighted by atomic mass is 9.90. The molecule has 0 spiro atoms. The van der Waals surface area contributed by atoms with Crippen LogP contribution in [0.3, 0.4) is 0 Å². The van der Waals surface area contributed by atoms with E-state index in [-0.39, 0.29) is 5.56 Å². The molecule has 1 aromatic carbocycles. The van der Waals surface area contributed by atoms with Crippen LogP contribution in [0, 0.1) is 12.7 Å². The first-order valence-corrected chi connectivity index (χ1v) is 5.05. The number of rotatable bonds is 3. The van der Waals surface area contributed by atoms with Gasteiger partial charge < -0.3 is 10.2 Å². The second-order valence-electron chi connectivity index (χ2n) is 4.14. The maximum Gasteiger partial charge on any atom is 0.129 e. The van der Waals surface area contributed by atoms with E-state index >= 15 is 0 Å². The fraction of sp³-hybridized carbons (Fsp3) is 0.500. The van der Waals surface area contributed by atoms with Crippen LogP contribution in [0.2, 0.25) is 0 Å². The van der Waals surface area contributed by atoms with Crippen LogP contribution >= 0.6 is 0 Å². The molecule has 0 heterocycles. The topological polar surface area (TPSA) is 40.5 Å². The molecule has 0 aromatic heterocycles. The standard InChI is InChI=1S/C12H17FO2/c1-4-12(3,15)11(14)9-7-8(2)5-6-10(9)13/h5-7,11,14-15H,4H2,1-3H3. The van der Waals surface area contributed by atoms with Crippen molar-refractivity contribution < 1.29 is 14.6 Å². The minimum absolute atomic E-state index is 0.154. The lowest BCUT2D eigenvalue weighted by Crippen LogP contribution is -2.32. The molecular formula is C12H17FO2. The minimum atomic E-state index is -1.30. The highest BCUT2D eigenvalue weighted by atomic mass is 19.1. The van der Waals surface area contributed by atoms with Crippen molar-refractivity contribution in [3.8, 4) is 0 Å². The fourth-order valence-electron chi connectivity index (χ4n) is 1.40. The van der Waals surface area contributed by atoms with E-state index in [1.54, 1.807) is 19.1 Å². The third-order valence-corrected chi connectivity index (χ3v) is 2.75. The van der Waals surface area contributed by atoms with Gasteiger partial charge in [0, 0.05) is 5.56 Å². The van der Waals surface area contributed by atoms with Crippen LogP contribution < -0.4 is 0 Å². The summed E-state index contributed by atoms with van der Waals surface area (Å²) in [6, 6.07) is 4.50. The number of aliphatic hydroxyl groups is 2. The Bertz CT molecular complexity index is 347. The van der Waals surface area contributed by atoms with Crippen LogP contribution in [0.4, 0.5) is 4.39 Å². The van der Waals surface area contributed by atoms with Gasteiger partial charge in [0.05, 0.1) is 5.60 Å². The van der Waals surface area contributed by atoms with E-state index in [9.17, 15) is 14.6 Å². The van der Waals surface area contributed by atoms with Gasteiger partial charge in [0.25, 0.3) is 0 Å². The number of hydrogen-bond donors (Lipinski definition) is 2. The summed E-state index contributed by atoms with van der Waals surface area (Å²) in [4.78, 5) is 0. The van der Waals surface area contributed by atoms with Crippen LogP contribution in [0.25, 0.3) is 0 Å². The van der Waals surface area contributed by atoms with Gasteiger partial charge in [-0.2, -0.15) is 0 Å². The van der Waals surface area contributed by atoms with Crippen molar-refractivity contribution in [2.24, 2.45) is 0 Å². The average Bonchev–Trinajstić information content (AvgIpc) is 2.20. The molecule has 2 unspecified atom stereocenters. The van der Waals surface area contributed by atoms with E-state index in [0.29, 0.717) is 6.42 Å². The van der Waals surface area contributed by atoms with Gasteiger partial charge >= 0.3 is 0 Å². The molecule has 3 heteroatoms. The summed E-state index contributed by atoms with van der Waals surface area (Å²) in [7, 11) is 0. The monoisotopic (exact) mass is 212 g/mol. The van der Waals surface area contributed by atoms with Crippen molar-refractivity contribution in [1.82, 2.24) is 0 Å². The molecule has 0 aliphatic rings. The quantitative estimate of drug-likeness (QED) is 0.807. The Morgan fingerprint density at radius 2 is 2.07 bits per heavy atom. The van der Waals surface area contributed by atoms with Crippen molar-refractivity contribution >= 4 is 0 Å². The van der Waals surface area contributed by atoms with Gasteiger partial charge in [-0.25, -0.2) is 4.39 Å². The summed E-state index contributed by atoms with van der Waals surface area (Å²) in [6.45, 7) is 5.06. The van der Waals surface area contributed by atoms with Gasteiger partial charge in [-0.15, -0.1) is 0 Å². The van der Waals surface area contributed by atoms with Gasteiger partial charge in [0.1, 0.15) is 11.9 Å². The van der Waals surface area contributed by atoms with Gasteiger partial charge in [0.15, 0.2) is 0 Å². The van der Waals surface area contributed by atoms with Crippen LogP contribution in [-0.2, 0) is 0 Å². The molecule has 0 saturated heterocycles. The predicted molar refractivity (Wildman–Crippen MR) is 57.0 cm³/mol. The van der Waals surface area contributed by atoms with Crippen molar-refractivity contribution in [2.75, 3.05) is 0 Å². The van der Waals surface area contributed by atoms with E-state index in [1.165, 1.54) is 13.0 Å². The van der Waals surface area contributed by atoms with Crippen molar-refractivity contribution in [3.05, 3.63) is 35.1 Å². The predicted octanol–water partition coefficient (Wildman–Crippen LogP) is 2.33. The summed E-state index contributed by atoms with van der Waals surface area (Å²) in [6.07, 6.45) is -0.830. The molecule has 0 aliphatic heterocycles. The molecule has 0 saturated carbocycles. The molecule has 0 fully saturated rings. The molecule has 0 bridgehead atoms. The van der Waals surface area contributed by atoms with Crippen LogP contribution in [0.1, 0.15) is 37.5 Å². The largest absolute Gasteiger partial charge is 0.387 e. The smallest absolute Gasteiger partial charge is 0.129 e. The molecule has 0 aliphatic carbocycles. The van der Waals surface area contributed by atoms with E-state index in [2.05, 4.69) is 0 Å². The van der Waals surface area contributed by atoms with Crippen molar-refractivity contribution in [2.45, 2.75) is 38.9 Å². The van der Waals surface area contributed by atoms with Crippen molar-refractivity contribution in [1.29, 1.82) is 0 Å². The van der Waals surface area contributed by atoms with Crippen molar-refractivity contribution in [3.63, 3.8) is 0 Å². The number of aliphatic hydroxyl groups excluding tert-OH is 1. The molecule has 1 rings (SSSR count). The maximum absolute atomic E-state index is 13.4. The molecule has 0 radical (unpaired) electrons. The first-order valence-electron chi connectivity index (χ1n) is 5.05. The minimum Gasteiger partial charge on any atom is -0.387 e. The zero-order valence-corrected chi connectivity index (χ0v) is 9.29. The van der Waals surface area contributed by atoms with Crippen LogP contribution in [-0.4, -0.2) is 15.8 Å². The van der Waals surface area contributed by atoms with Gasteiger partial charge in [-0.05, 0) is 26.3 Å². The third-order valence-electron chi connectivity index (χ3n) is 2.75. The van der Waals surface area contributed by atoms with Gasteiger partial charge in [-0.3, -0.25) is 0 Å². The molecule has 2 atom stereocenters. The van der Waals surface area contributed by atoms with Crippen LogP contribution in [0.15, 0.2) is 18.2 Å². The Kier molecular flexibility index (Phi) is 3.47. The molecule has 2 nitrogen and oxygen atoms in total. The number of aryl methyl sites for hydroxylation is 1. The SMILES string of the molecule is CCC(C)(O)C(O)c1cc(C)ccc1F. The first kappa shape index (κ1) is 12.1. The highest BCUT2D eigenvalue weighted by Crippen LogP contribution is 2.30. The Labute approximate surface area is 89.4 Å². The van der Waals surface area contributed by atoms with Gasteiger partial charge in [-0.1, -0.05) is 24.6 Å². The Morgan fingerprint density at radius 3 is 2.60 bits per heavy atom. The number of halogens is 1. The Hall–Kier alpha value is -0.930. The maximum atomic E-state index is 13.4. The van der Waals surface area contributed by atoms with Gasteiger partial charge in [0.2, 0.25) is 0 Å². The summed E-state index contributed by atoms with van der Waals surface area (Å²) >= 11 is 0. The van der Waals surface area contributed by atoms with E-state index in [0.717, 1.165) is 5.56 Å². The van der Waals surface area contributed by atoms with Crippen LogP contribution in [0.5, 0.6) is 0 Å². The highest BCUT2D eigenvalue weighted by Gasteiger charge is 2.31. The fourth-order valence-corrected chi connectivity index (χ4v) is 1.40. The highest BCUT2D eigenvalue weighted by molar-refractivity contribution is 5.27. The molecule has 1 aromatic rings. The summed E-state index contributed by atoms with van der Waals surface area (Å²) in [5.74, 6) is -0.484. The third kappa shape index (κ3) is 2.55. The zero-order valence-electron chi connectivity index (χ0n) is 9.29. The zero-order chi connectivity index (χ0) is 11.6. The molecule has 0 amide bonds. The lowest BCUT2D eigenvalue weighted by Gasteiger charge is -2.28. The molecule has 2 N–H and O–H groups in total.